The van der Waals surface area contributed by atoms with Gasteiger partial charge >= 0.3 is 0 Å². The largest absolute Gasteiger partial charge is 0.381 e. The van der Waals surface area contributed by atoms with Crippen molar-refractivity contribution in [2.75, 3.05) is 46.1 Å². The van der Waals surface area contributed by atoms with Crippen molar-refractivity contribution in [3.05, 3.63) is 59.2 Å². The average molecular weight is 539 g/mol. The van der Waals surface area contributed by atoms with Crippen LogP contribution in [-0.4, -0.2) is 83.2 Å². The maximum Gasteiger partial charge on any atom is 0.254 e. The van der Waals surface area contributed by atoms with E-state index in [4.69, 9.17) is 9.47 Å². The van der Waals surface area contributed by atoms with Crippen molar-refractivity contribution in [2.24, 2.45) is 5.92 Å². The molecule has 0 unspecified atom stereocenters. The summed E-state index contributed by atoms with van der Waals surface area (Å²) in [6.07, 6.45) is 4.16. The Balaban J connectivity index is 1.37. The number of hydrogen-bond acceptors (Lipinski definition) is 5. The van der Waals surface area contributed by atoms with Crippen LogP contribution in [0.2, 0.25) is 0 Å². The number of benzene rings is 1. The predicted molar refractivity (Wildman–Crippen MR) is 144 cm³/mol. The molecule has 0 aliphatic carbocycles. The molecule has 5 heterocycles. The van der Waals surface area contributed by atoms with Crippen LogP contribution in [0.15, 0.2) is 30.5 Å². The van der Waals surface area contributed by atoms with Crippen LogP contribution < -0.4 is 0 Å². The first kappa shape index (κ1) is 26.3. The molecule has 1 amide bonds. The number of imidazole rings is 1. The summed E-state index contributed by atoms with van der Waals surface area (Å²) in [5.74, 6) is 0.0731. The summed E-state index contributed by atoms with van der Waals surface area (Å²) in [5, 5.41) is 0. The summed E-state index contributed by atoms with van der Waals surface area (Å²) in [6.45, 7) is 10.8. The van der Waals surface area contributed by atoms with Crippen LogP contribution in [0.5, 0.6) is 0 Å². The van der Waals surface area contributed by atoms with E-state index in [0.717, 1.165) is 44.7 Å². The molecule has 6 rings (SSSR count). The zero-order valence-corrected chi connectivity index (χ0v) is 22.8. The van der Waals surface area contributed by atoms with Gasteiger partial charge in [0, 0.05) is 56.6 Å². The second-order valence-electron chi connectivity index (χ2n) is 11.3. The lowest BCUT2D eigenvalue weighted by atomic mass is 9.84. The molecule has 0 N–H and O–H groups in total. The van der Waals surface area contributed by atoms with Crippen LogP contribution in [0.3, 0.4) is 0 Å². The third-order valence-corrected chi connectivity index (χ3v) is 8.93. The smallest absolute Gasteiger partial charge is 0.254 e. The summed E-state index contributed by atoms with van der Waals surface area (Å²) >= 11 is 0. The molecule has 208 valence electrons. The Morgan fingerprint density at radius 1 is 1.08 bits per heavy atom. The number of carbonyl (C=O) groups excluding carboxylic acids is 1. The molecule has 2 atom stereocenters. The van der Waals surface area contributed by atoms with Gasteiger partial charge in [0.1, 0.15) is 17.2 Å². The van der Waals surface area contributed by atoms with Crippen molar-refractivity contribution >= 4 is 11.4 Å². The Morgan fingerprint density at radius 3 is 2.59 bits per heavy atom. The molecule has 1 aromatic carbocycles. The van der Waals surface area contributed by atoms with Gasteiger partial charge in [0.05, 0.1) is 24.8 Å². The summed E-state index contributed by atoms with van der Waals surface area (Å²) in [6, 6.07) is 6.52. The molecule has 0 spiro atoms. The zero-order valence-electron chi connectivity index (χ0n) is 22.8. The van der Waals surface area contributed by atoms with E-state index in [1.54, 1.807) is 22.3 Å². The molecule has 9 heteroatoms. The average Bonchev–Trinajstić information content (AvgIpc) is 3.20. The zero-order chi connectivity index (χ0) is 27.3. The number of nitrogens with zero attached hydrogens (tertiary/aromatic N) is 4. The molecule has 0 bridgehead atoms. The molecule has 3 fully saturated rings. The third kappa shape index (κ3) is 4.85. The molecular formula is C30H36F2N4O3. The number of amides is 1. The fourth-order valence-electron chi connectivity index (χ4n) is 6.42. The number of morpholine rings is 1. The number of pyridine rings is 1. The monoisotopic (exact) mass is 538 g/mol. The minimum Gasteiger partial charge on any atom is -0.381 e. The maximum atomic E-state index is 15.2. The summed E-state index contributed by atoms with van der Waals surface area (Å²) in [7, 11) is 0. The second kappa shape index (κ2) is 10.6. The fraction of sp³-hybridized carbons (Fsp3) is 0.533. The number of halogens is 2. The molecule has 3 aliphatic heterocycles. The van der Waals surface area contributed by atoms with Crippen molar-refractivity contribution < 1.29 is 23.0 Å². The van der Waals surface area contributed by atoms with E-state index in [1.807, 2.05) is 19.2 Å². The Kier molecular flexibility index (Phi) is 7.16. The van der Waals surface area contributed by atoms with Gasteiger partial charge in [-0.25, -0.2) is 9.37 Å². The van der Waals surface area contributed by atoms with Crippen LogP contribution >= 0.6 is 0 Å². The van der Waals surface area contributed by atoms with Gasteiger partial charge in [-0.1, -0.05) is 6.07 Å². The Bertz CT molecular complexity index is 1380. The van der Waals surface area contributed by atoms with Crippen LogP contribution in [-0.2, 0) is 9.47 Å². The normalized spacial score (nSPS) is 22.3. The third-order valence-electron chi connectivity index (χ3n) is 8.93. The maximum absolute atomic E-state index is 15.2. The molecule has 0 saturated carbocycles. The van der Waals surface area contributed by atoms with Gasteiger partial charge in [-0.05, 0) is 68.9 Å². The number of carbonyl (C=O) groups is 1. The number of aryl methyl sites for hydroxylation is 1. The predicted octanol–water partition coefficient (Wildman–Crippen LogP) is 4.66. The van der Waals surface area contributed by atoms with Crippen molar-refractivity contribution in [3.63, 3.8) is 0 Å². The van der Waals surface area contributed by atoms with E-state index in [1.165, 1.54) is 12.1 Å². The van der Waals surface area contributed by atoms with Gasteiger partial charge in [0.25, 0.3) is 5.91 Å². The first-order valence-corrected chi connectivity index (χ1v) is 14.0. The molecule has 7 nitrogen and oxygen atoms in total. The number of rotatable bonds is 5. The lowest BCUT2D eigenvalue weighted by molar-refractivity contribution is 0.00361. The van der Waals surface area contributed by atoms with E-state index in [0.29, 0.717) is 54.2 Å². The Labute approximate surface area is 227 Å². The first-order valence-electron chi connectivity index (χ1n) is 14.0. The highest BCUT2D eigenvalue weighted by molar-refractivity contribution is 6.03. The minimum absolute atomic E-state index is 0.138. The molecule has 2 aromatic heterocycles. The van der Waals surface area contributed by atoms with Crippen LogP contribution in [0.25, 0.3) is 16.6 Å². The number of likely N-dealkylation sites (tertiary alicyclic amines) is 1. The Morgan fingerprint density at radius 2 is 1.85 bits per heavy atom. The van der Waals surface area contributed by atoms with E-state index in [9.17, 15) is 9.18 Å². The molecule has 39 heavy (non-hydrogen) atoms. The highest BCUT2D eigenvalue weighted by Crippen LogP contribution is 2.38. The number of aromatic nitrogens is 2. The van der Waals surface area contributed by atoms with Gasteiger partial charge in [-0.2, -0.15) is 4.39 Å². The standard InChI is InChI=1S/C30H36F2N4O3/c1-18-17-39-11-8-35(18)30(37)27-13-24(31)4-5-25(27)26-12-22(16-36-20(3)33-29(32)28(26)36)23-14-34(15-23)19(2)21-6-9-38-10-7-21/h4-5,12-13,16,18-19,21,23H,6-11,14-15,17H2,1-3H3/t18-,19-/m1/s1. The van der Waals surface area contributed by atoms with Crippen molar-refractivity contribution in [1.29, 1.82) is 0 Å². The quantitative estimate of drug-likeness (QED) is 0.473. The summed E-state index contributed by atoms with van der Waals surface area (Å²) < 4.78 is 42.6. The van der Waals surface area contributed by atoms with Gasteiger partial charge in [-0.3, -0.25) is 9.69 Å². The van der Waals surface area contributed by atoms with Gasteiger partial charge in [-0.15, -0.1) is 0 Å². The van der Waals surface area contributed by atoms with E-state index in [2.05, 4.69) is 16.8 Å². The van der Waals surface area contributed by atoms with Crippen LogP contribution in [0.1, 0.15) is 54.4 Å². The van der Waals surface area contributed by atoms with Gasteiger partial charge < -0.3 is 18.8 Å². The lowest BCUT2D eigenvalue weighted by Crippen LogP contribution is -2.52. The Hall–Kier alpha value is -2.88. The van der Waals surface area contributed by atoms with Gasteiger partial charge in [0.2, 0.25) is 5.95 Å². The van der Waals surface area contributed by atoms with Gasteiger partial charge in [0.15, 0.2) is 0 Å². The molecule has 3 saturated heterocycles. The molecular weight excluding hydrogens is 502 g/mol. The van der Waals surface area contributed by atoms with E-state index < -0.39 is 11.8 Å². The molecule has 3 aromatic rings. The number of ether oxygens (including phenoxy) is 2. The molecule has 3 aliphatic rings. The fourth-order valence-corrected chi connectivity index (χ4v) is 6.42. The SMILES string of the molecule is Cc1nc(F)c2c(-c3ccc(F)cc3C(=O)N3CCOC[C@H]3C)cc(C3CN([C@H](C)C4CCOCC4)C3)cn12. The highest BCUT2D eigenvalue weighted by atomic mass is 19.1. The second-order valence-corrected chi connectivity index (χ2v) is 11.3. The van der Waals surface area contributed by atoms with Crippen molar-refractivity contribution in [3.8, 4) is 11.1 Å². The van der Waals surface area contributed by atoms with Crippen LogP contribution in [0, 0.1) is 24.6 Å². The first-order chi connectivity index (χ1) is 18.8. The van der Waals surface area contributed by atoms with Crippen molar-refractivity contribution in [1.82, 2.24) is 19.2 Å². The lowest BCUT2D eigenvalue weighted by Gasteiger charge is -2.46. The van der Waals surface area contributed by atoms with E-state index in [-0.39, 0.29) is 23.4 Å². The van der Waals surface area contributed by atoms with Crippen molar-refractivity contribution in [2.45, 2.75) is 51.6 Å². The topological polar surface area (TPSA) is 59.3 Å². The minimum atomic E-state index is -0.597. The number of hydrogen-bond donors (Lipinski definition) is 0. The molecule has 0 radical (unpaired) electrons. The van der Waals surface area contributed by atoms with Crippen LogP contribution in [0.4, 0.5) is 8.78 Å². The number of fused-ring (bicyclic) bond motifs is 1. The van der Waals surface area contributed by atoms with E-state index >= 15 is 4.39 Å². The summed E-state index contributed by atoms with van der Waals surface area (Å²) in [4.78, 5) is 22.0. The highest BCUT2D eigenvalue weighted by Gasteiger charge is 2.36. The summed E-state index contributed by atoms with van der Waals surface area (Å²) in [5.41, 5.74) is 2.67.